The Hall–Kier alpha value is -1.26. The van der Waals surface area contributed by atoms with Crippen LogP contribution in [0.3, 0.4) is 0 Å². The van der Waals surface area contributed by atoms with E-state index in [1.807, 2.05) is 32.3 Å². The highest BCUT2D eigenvalue weighted by Crippen LogP contribution is 2.24. The number of benzene rings is 1. The molecule has 0 bridgehead atoms. The van der Waals surface area contributed by atoms with Gasteiger partial charge in [-0.1, -0.05) is 28.1 Å². The number of nitrogens with one attached hydrogen (secondary N) is 1. The minimum atomic E-state index is -0.228. The number of hydrogen-bond donors (Lipinski definition) is 1. The first kappa shape index (κ1) is 14.2. The van der Waals surface area contributed by atoms with Crippen LogP contribution in [-0.2, 0) is 6.42 Å². The van der Waals surface area contributed by atoms with Gasteiger partial charge in [-0.05, 0) is 49.7 Å². The van der Waals surface area contributed by atoms with Crippen LogP contribution in [0, 0.1) is 12.7 Å². The molecule has 0 saturated heterocycles. The molecular formula is C15H16BrFN2. The summed E-state index contributed by atoms with van der Waals surface area (Å²) < 4.78 is 13.9. The fourth-order valence-corrected chi connectivity index (χ4v) is 2.49. The molecule has 100 valence electrons. The number of nitrogens with zero attached hydrogens (tertiary/aromatic N) is 1. The van der Waals surface area contributed by atoms with Crippen LogP contribution in [0.15, 0.2) is 41.0 Å². The molecule has 2 rings (SSSR count). The topological polar surface area (TPSA) is 24.9 Å². The highest BCUT2D eigenvalue weighted by atomic mass is 79.9. The van der Waals surface area contributed by atoms with Gasteiger partial charge in [0, 0.05) is 22.4 Å². The smallest absolute Gasteiger partial charge is 0.124 e. The van der Waals surface area contributed by atoms with Gasteiger partial charge in [-0.25, -0.2) is 4.39 Å². The van der Waals surface area contributed by atoms with Crippen LogP contribution in [0.1, 0.15) is 22.9 Å². The van der Waals surface area contributed by atoms with E-state index in [1.54, 1.807) is 0 Å². The lowest BCUT2D eigenvalue weighted by Crippen LogP contribution is -2.19. The molecule has 0 saturated carbocycles. The van der Waals surface area contributed by atoms with Crippen molar-refractivity contribution in [2.24, 2.45) is 0 Å². The van der Waals surface area contributed by atoms with Gasteiger partial charge in [0.15, 0.2) is 0 Å². The molecule has 1 N–H and O–H groups in total. The molecule has 0 radical (unpaired) electrons. The predicted octanol–water partition coefficient (Wildman–Crippen LogP) is 3.79. The monoisotopic (exact) mass is 322 g/mol. The van der Waals surface area contributed by atoms with E-state index in [9.17, 15) is 4.39 Å². The van der Waals surface area contributed by atoms with E-state index in [0.717, 1.165) is 27.7 Å². The summed E-state index contributed by atoms with van der Waals surface area (Å²) in [5, 5.41) is 3.27. The first-order valence-electron chi connectivity index (χ1n) is 6.14. The van der Waals surface area contributed by atoms with Crippen LogP contribution in [0.4, 0.5) is 4.39 Å². The first-order chi connectivity index (χ1) is 9.10. The van der Waals surface area contributed by atoms with E-state index >= 15 is 0 Å². The van der Waals surface area contributed by atoms with Crippen LogP contribution in [-0.4, -0.2) is 12.0 Å². The summed E-state index contributed by atoms with van der Waals surface area (Å²) in [5.74, 6) is -0.228. The average Bonchev–Trinajstić information content (AvgIpc) is 2.39. The molecule has 1 heterocycles. The lowest BCUT2D eigenvalue weighted by molar-refractivity contribution is 0.585. The fraction of sp³-hybridized carbons (Fsp3) is 0.267. The number of likely N-dealkylation sites (N-methyl/N-ethyl adjacent to an activating group) is 1. The van der Waals surface area contributed by atoms with Crippen LogP contribution >= 0.6 is 15.9 Å². The van der Waals surface area contributed by atoms with Crippen molar-refractivity contribution in [2.45, 2.75) is 19.4 Å². The van der Waals surface area contributed by atoms with Crippen molar-refractivity contribution in [3.05, 3.63) is 63.6 Å². The Kier molecular flexibility index (Phi) is 4.66. The summed E-state index contributed by atoms with van der Waals surface area (Å²) in [4.78, 5) is 4.31. The zero-order valence-electron chi connectivity index (χ0n) is 11.0. The summed E-state index contributed by atoms with van der Waals surface area (Å²) in [6, 6.07) is 9.02. The molecule has 2 aromatic rings. The van der Waals surface area contributed by atoms with Crippen molar-refractivity contribution in [3.63, 3.8) is 0 Å². The second-order valence-electron chi connectivity index (χ2n) is 4.51. The lowest BCUT2D eigenvalue weighted by Gasteiger charge is -2.17. The Morgan fingerprint density at radius 2 is 2.11 bits per heavy atom. The molecule has 0 amide bonds. The maximum absolute atomic E-state index is 13.1. The van der Waals surface area contributed by atoms with Crippen LogP contribution in [0.25, 0.3) is 0 Å². The Morgan fingerprint density at radius 3 is 2.68 bits per heavy atom. The van der Waals surface area contributed by atoms with Gasteiger partial charge in [-0.3, -0.25) is 4.98 Å². The van der Waals surface area contributed by atoms with Gasteiger partial charge in [-0.15, -0.1) is 0 Å². The molecule has 19 heavy (non-hydrogen) atoms. The van der Waals surface area contributed by atoms with Gasteiger partial charge >= 0.3 is 0 Å². The Morgan fingerprint density at radius 1 is 1.32 bits per heavy atom. The molecule has 0 aliphatic carbocycles. The Labute approximate surface area is 121 Å². The summed E-state index contributed by atoms with van der Waals surface area (Å²) in [6.07, 6.45) is 2.66. The molecule has 1 aromatic heterocycles. The second kappa shape index (κ2) is 6.26. The van der Waals surface area contributed by atoms with Crippen molar-refractivity contribution in [1.82, 2.24) is 10.3 Å². The van der Waals surface area contributed by atoms with Gasteiger partial charge < -0.3 is 5.32 Å². The molecule has 1 atom stereocenters. The molecule has 0 aliphatic heterocycles. The highest BCUT2D eigenvalue weighted by Gasteiger charge is 2.12. The molecular weight excluding hydrogens is 307 g/mol. The van der Waals surface area contributed by atoms with Crippen molar-refractivity contribution < 1.29 is 4.39 Å². The van der Waals surface area contributed by atoms with E-state index in [1.165, 1.54) is 12.1 Å². The minimum absolute atomic E-state index is 0.162. The molecule has 2 nitrogen and oxygen atoms in total. The number of aryl methyl sites for hydroxylation is 1. The van der Waals surface area contributed by atoms with Crippen molar-refractivity contribution in [3.8, 4) is 0 Å². The van der Waals surface area contributed by atoms with Gasteiger partial charge in [0.1, 0.15) is 5.82 Å². The number of aromatic nitrogens is 1. The summed E-state index contributed by atoms with van der Waals surface area (Å²) in [7, 11) is 1.92. The molecule has 4 heteroatoms. The van der Waals surface area contributed by atoms with Gasteiger partial charge in [0.25, 0.3) is 0 Å². The third kappa shape index (κ3) is 3.61. The van der Waals surface area contributed by atoms with Gasteiger partial charge in [-0.2, -0.15) is 0 Å². The average molecular weight is 323 g/mol. The largest absolute Gasteiger partial charge is 0.313 e. The van der Waals surface area contributed by atoms with E-state index < -0.39 is 0 Å². The molecule has 1 aromatic carbocycles. The molecule has 1 unspecified atom stereocenters. The molecule has 0 fully saturated rings. The number of pyridine rings is 1. The molecule has 0 aliphatic rings. The molecule has 0 spiro atoms. The summed E-state index contributed by atoms with van der Waals surface area (Å²) >= 11 is 3.41. The fourth-order valence-electron chi connectivity index (χ4n) is 1.98. The van der Waals surface area contributed by atoms with Crippen molar-refractivity contribution in [1.29, 1.82) is 0 Å². The predicted molar refractivity (Wildman–Crippen MR) is 78.6 cm³/mol. The standard InChI is InChI=1S/C15H16BrFN2/c1-10-3-4-12(9-19-10)15(18-2)7-11-5-6-13(17)8-14(11)16/h3-6,8-9,15,18H,7H2,1-2H3. The summed E-state index contributed by atoms with van der Waals surface area (Å²) in [5.41, 5.74) is 3.20. The van der Waals surface area contributed by atoms with Crippen molar-refractivity contribution >= 4 is 15.9 Å². The van der Waals surface area contributed by atoms with Crippen LogP contribution in [0.5, 0.6) is 0 Å². The van der Waals surface area contributed by atoms with E-state index in [-0.39, 0.29) is 11.9 Å². The maximum Gasteiger partial charge on any atom is 0.124 e. The van der Waals surface area contributed by atoms with Gasteiger partial charge in [0.2, 0.25) is 0 Å². The number of hydrogen-bond acceptors (Lipinski definition) is 2. The van der Waals surface area contributed by atoms with E-state index in [0.29, 0.717) is 0 Å². The number of rotatable bonds is 4. The van der Waals surface area contributed by atoms with Crippen LogP contribution < -0.4 is 5.32 Å². The van der Waals surface area contributed by atoms with E-state index in [4.69, 9.17) is 0 Å². The Bertz CT molecular complexity index is 555. The lowest BCUT2D eigenvalue weighted by atomic mass is 10.00. The highest BCUT2D eigenvalue weighted by molar-refractivity contribution is 9.10. The van der Waals surface area contributed by atoms with Crippen LogP contribution in [0.2, 0.25) is 0 Å². The maximum atomic E-state index is 13.1. The summed E-state index contributed by atoms with van der Waals surface area (Å²) in [6.45, 7) is 1.97. The minimum Gasteiger partial charge on any atom is -0.313 e. The van der Waals surface area contributed by atoms with Gasteiger partial charge in [0.05, 0.1) is 0 Å². The third-order valence-corrected chi connectivity index (χ3v) is 3.86. The van der Waals surface area contributed by atoms with Crippen molar-refractivity contribution in [2.75, 3.05) is 7.05 Å². The normalized spacial score (nSPS) is 12.4. The number of halogens is 2. The quantitative estimate of drug-likeness (QED) is 0.926. The SMILES string of the molecule is CNC(Cc1ccc(F)cc1Br)c1ccc(C)nc1. The Balaban J connectivity index is 2.21. The third-order valence-electron chi connectivity index (χ3n) is 3.12. The second-order valence-corrected chi connectivity index (χ2v) is 5.37. The zero-order valence-corrected chi connectivity index (χ0v) is 12.5. The zero-order chi connectivity index (χ0) is 13.8. The first-order valence-corrected chi connectivity index (χ1v) is 6.93. The van der Waals surface area contributed by atoms with E-state index in [2.05, 4.69) is 32.3 Å².